The average Bonchev–Trinajstić information content (AvgIpc) is 2.25. The lowest BCUT2D eigenvalue weighted by Gasteiger charge is -2.02. The lowest BCUT2D eigenvalue weighted by atomic mass is 10.2. The third kappa shape index (κ3) is 4.94. The minimum absolute atomic E-state index is 0.211. The predicted molar refractivity (Wildman–Crippen MR) is 55.1 cm³/mol. The van der Waals surface area contributed by atoms with Crippen LogP contribution >= 0.6 is 0 Å². The van der Waals surface area contributed by atoms with Gasteiger partial charge in [0.15, 0.2) is 0 Å². The predicted octanol–water partition coefficient (Wildman–Crippen LogP) is 1.41. The lowest BCUT2D eigenvalue weighted by Crippen LogP contribution is -2.00. The second kappa shape index (κ2) is 7.47. The molecule has 0 atom stereocenters. The van der Waals surface area contributed by atoms with E-state index in [0.29, 0.717) is 6.61 Å². The first-order chi connectivity index (χ1) is 6.93. The molecule has 3 nitrogen and oxygen atoms in total. The Bertz CT molecular complexity index is 226. The molecule has 0 aliphatic carbocycles. The highest BCUT2D eigenvalue weighted by Gasteiger charge is 1.92. The van der Waals surface area contributed by atoms with Crippen LogP contribution in [-0.2, 0) is 11.2 Å². The van der Waals surface area contributed by atoms with E-state index in [-0.39, 0.29) is 6.61 Å². The molecule has 0 radical (unpaired) electrons. The highest BCUT2D eigenvalue weighted by molar-refractivity contribution is 5.08. The molecule has 1 N–H and O–H groups in total. The Balaban J connectivity index is 1.99. The van der Waals surface area contributed by atoms with Crippen LogP contribution in [0.15, 0.2) is 24.5 Å². The van der Waals surface area contributed by atoms with Crippen molar-refractivity contribution < 1.29 is 9.84 Å². The molecule has 0 aromatic carbocycles. The van der Waals surface area contributed by atoms with Gasteiger partial charge in [0.2, 0.25) is 0 Å². The molecular formula is C11H17NO2. The van der Waals surface area contributed by atoms with Gasteiger partial charge < -0.3 is 9.84 Å². The van der Waals surface area contributed by atoms with Gasteiger partial charge in [-0.3, -0.25) is 4.98 Å². The summed E-state index contributed by atoms with van der Waals surface area (Å²) in [6.07, 6.45) is 6.41. The number of aromatic nitrogens is 1. The number of hydrogen-bond acceptors (Lipinski definition) is 3. The van der Waals surface area contributed by atoms with Gasteiger partial charge in [0.1, 0.15) is 0 Å². The van der Waals surface area contributed by atoms with E-state index < -0.39 is 0 Å². The Morgan fingerprint density at radius 2 is 2.14 bits per heavy atom. The second-order valence-electron chi connectivity index (χ2n) is 3.15. The molecule has 1 aromatic rings. The van der Waals surface area contributed by atoms with E-state index in [1.807, 2.05) is 12.3 Å². The molecular weight excluding hydrogens is 178 g/mol. The maximum absolute atomic E-state index is 8.51. The Kier molecular flexibility index (Phi) is 5.95. The third-order valence-electron chi connectivity index (χ3n) is 1.92. The normalized spacial score (nSPS) is 10.4. The highest BCUT2D eigenvalue weighted by atomic mass is 16.5. The van der Waals surface area contributed by atoms with Crippen molar-refractivity contribution in [2.24, 2.45) is 0 Å². The number of rotatable bonds is 7. The van der Waals surface area contributed by atoms with Gasteiger partial charge in [0.05, 0.1) is 0 Å². The lowest BCUT2D eigenvalue weighted by molar-refractivity contribution is 0.114. The van der Waals surface area contributed by atoms with Crippen molar-refractivity contribution in [3.8, 4) is 0 Å². The van der Waals surface area contributed by atoms with Crippen molar-refractivity contribution in [2.75, 3.05) is 19.8 Å². The van der Waals surface area contributed by atoms with Gasteiger partial charge in [0.25, 0.3) is 0 Å². The quantitative estimate of drug-likeness (QED) is 0.669. The maximum Gasteiger partial charge on any atom is 0.0487 e. The van der Waals surface area contributed by atoms with E-state index in [1.54, 1.807) is 6.20 Å². The van der Waals surface area contributed by atoms with Crippen molar-refractivity contribution in [2.45, 2.75) is 19.3 Å². The molecule has 0 aliphatic rings. The van der Waals surface area contributed by atoms with Crippen LogP contribution in [0.25, 0.3) is 0 Å². The summed E-state index contributed by atoms with van der Waals surface area (Å²) in [7, 11) is 0. The summed E-state index contributed by atoms with van der Waals surface area (Å²) >= 11 is 0. The molecule has 0 unspecified atom stereocenters. The zero-order chi connectivity index (χ0) is 10.1. The number of hydrogen-bond donors (Lipinski definition) is 1. The molecule has 78 valence electrons. The van der Waals surface area contributed by atoms with E-state index >= 15 is 0 Å². The van der Waals surface area contributed by atoms with E-state index in [9.17, 15) is 0 Å². The SMILES string of the molecule is OCCCOCCCc1cccnc1. The molecule has 0 amide bonds. The average molecular weight is 195 g/mol. The summed E-state index contributed by atoms with van der Waals surface area (Å²) in [5, 5.41) is 8.51. The highest BCUT2D eigenvalue weighted by Crippen LogP contribution is 2.00. The maximum atomic E-state index is 8.51. The minimum Gasteiger partial charge on any atom is -0.396 e. The van der Waals surface area contributed by atoms with Crippen molar-refractivity contribution in [3.05, 3.63) is 30.1 Å². The molecule has 0 spiro atoms. The molecule has 0 bridgehead atoms. The molecule has 14 heavy (non-hydrogen) atoms. The molecule has 1 rings (SSSR count). The zero-order valence-electron chi connectivity index (χ0n) is 8.35. The first-order valence-electron chi connectivity index (χ1n) is 5.01. The molecule has 1 heterocycles. The van der Waals surface area contributed by atoms with Crippen molar-refractivity contribution in [1.29, 1.82) is 0 Å². The van der Waals surface area contributed by atoms with E-state index in [1.165, 1.54) is 5.56 Å². The summed E-state index contributed by atoms with van der Waals surface area (Å²) in [6, 6.07) is 4.02. The fraction of sp³-hybridized carbons (Fsp3) is 0.545. The van der Waals surface area contributed by atoms with Crippen LogP contribution in [0.5, 0.6) is 0 Å². The minimum atomic E-state index is 0.211. The number of aliphatic hydroxyl groups is 1. The number of ether oxygens (including phenoxy) is 1. The van der Waals surface area contributed by atoms with E-state index in [4.69, 9.17) is 9.84 Å². The standard InChI is InChI=1S/C11H17NO2/c13-7-3-9-14-8-2-5-11-4-1-6-12-10-11/h1,4,6,10,13H,2-3,5,7-9H2. The Morgan fingerprint density at radius 3 is 2.86 bits per heavy atom. The van der Waals surface area contributed by atoms with Crippen LogP contribution < -0.4 is 0 Å². The van der Waals surface area contributed by atoms with Gasteiger partial charge in [-0.1, -0.05) is 6.07 Å². The van der Waals surface area contributed by atoms with Gasteiger partial charge in [0, 0.05) is 32.2 Å². The number of aliphatic hydroxyl groups excluding tert-OH is 1. The van der Waals surface area contributed by atoms with E-state index in [0.717, 1.165) is 25.9 Å². The van der Waals surface area contributed by atoms with Crippen LogP contribution in [0.2, 0.25) is 0 Å². The first kappa shape index (κ1) is 11.1. The van der Waals surface area contributed by atoms with Gasteiger partial charge >= 0.3 is 0 Å². The summed E-state index contributed by atoms with van der Waals surface area (Å²) in [5.41, 5.74) is 1.25. The molecule has 0 fully saturated rings. The molecule has 0 aliphatic heterocycles. The molecule has 0 saturated carbocycles. The number of nitrogens with zero attached hydrogens (tertiary/aromatic N) is 1. The van der Waals surface area contributed by atoms with Crippen LogP contribution in [0.4, 0.5) is 0 Å². The van der Waals surface area contributed by atoms with Gasteiger partial charge in [-0.15, -0.1) is 0 Å². The fourth-order valence-electron chi connectivity index (χ4n) is 1.19. The van der Waals surface area contributed by atoms with Crippen molar-refractivity contribution >= 4 is 0 Å². The van der Waals surface area contributed by atoms with Crippen LogP contribution in [0.3, 0.4) is 0 Å². The Morgan fingerprint density at radius 1 is 1.29 bits per heavy atom. The van der Waals surface area contributed by atoms with E-state index in [2.05, 4.69) is 11.1 Å². The Labute approximate surface area is 84.7 Å². The summed E-state index contributed by atoms with van der Waals surface area (Å²) in [5.74, 6) is 0. The van der Waals surface area contributed by atoms with Gasteiger partial charge in [-0.25, -0.2) is 0 Å². The van der Waals surface area contributed by atoms with Crippen molar-refractivity contribution in [3.63, 3.8) is 0 Å². The number of aryl methyl sites for hydroxylation is 1. The molecule has 3 heteroatoms. The zero-order valence-corrected chi connectivity index (χ0v) is 8.35. The topological polar surface area (TPSA) is 42.4 Å². The fourth-order valence-corrected chi connectivity index (χ4v) is 1.19. The van der Waals surface area contributed by atoms with Crippen LogP contribution in [0, 0.1) is 0 Å². The first-order valence-corrected chi connectivity index (χ1v) is 5.01. The molecule has 0 saturated heterocycles. The van der Waals surface area contributed by atoms with Crippen LogP contribution in [0.1, 0.15) is 18.4 Å². The third-order valence-corrected chi connectivity index (χ3v) is 1.92. The molecule has 1 aromatic heterocycles. The van der Waals surface area contributed by atoms with Crippen molar-refractivity contribution in [1.82, 2.24) is 4.98 Å². The summed E-state index contributed by atoms with van der Waals surface area (Å²) in [4.78, 5) is 4.04. The largest absolute Gasteiger partial charge is 0.396 e. The van der Waals surface area contributed by atoms with Gasteiger partial charge in [-0.2, -0.15) is 0 Å². The number of pyridine rings is 1. The Hall–Kier alpha value is -0.930. The summed E-state index contributed by atoms with van der Waals surface area (Å²) < 4.78 is 5.32. The second-order valence-corrected chi connectivity index (χ2v) is 3.15. The smallest absolute Gasteiger partial charge is 0.0487 e. The van der Waals surface area contributed by atoms with Gasteiger partial charge in [-0.05, 0) is 30.9 Å². The summed E-state index contributed by atoms with van der Waals surface area (Å²) in [6.45, 7) is 1.63. The van der Waals surface area contributed by atoms with Crippen LogP contribution in [-0.4, -0.2) is 29.9 Å². The monoisotopic (exact) mass is 195 g/mol.